The number of hydrogen-bond donors (Lipinski definition) is 3. The van der Waals surface area contributed by atoms with Crippen molar-refractivity contribution in [1.82, 2.24) is 20.3 Å². The van der Waals surface area contributed by atoms with Gasteiger partial charge in [-0.25, -0.2) is 9.97 Å². The van der Waals surface area contributed by atoms with Gasteiger partial charge < -0.3 is 16.0 Å². The lowest BCUT2D eigenvalue weighted by Gasteiger charge is -2.26. The van der Waals surface area contributed by atoms with Crippen LogP contribution in [0.25, 0.3) is 0 Å². The van der Waals surface area contributed by atoms with E-state index in [1.165, 1.54) is 18.9 Å². The van der Waals surface area contributed by atoms with Crippen LogP contribution in [0.15, 0.2) is 23.1 Å². The first kappa shape index (κ1) is 18.3. The Bertz CT molecular complexity index is 978. The summed E-state index contributed by atoms with van der Waals surface area (Å²) in [6, 6.07) is 2.81. The Morgan fingerprint density at radius 1 is 1.18 bits per heavy atom. The summed E-state index contributed by atoms with van der Waals surface area (Å²) >= 11 is 0. The molecule has 8 heteroatoms. The molecule has 28 heavy (non-hydrogen) atoms. The summed E-state index contributed by atoms with van der Waals surface area (Å²) in [7, 11) is 0. The second-order valence-corrected chi connectivity index (χ2v) is 7.51. The van der Waals surface area contributed by atoms with E-state index in [-0.39, 0.29) is 17.5 Å². The van der Waals surface area contributed by atoms with Gasteiger partial charge in [0.2, 0.25) is 0 Å². The van der Waals surface area contributed by atoms with Crippen LogP contribution in [0.1, 0.15) is 88.4 Å². The average molecular weight is 381 g/mol. The maximum atomic E-state index is 12.8. The van der Waals surface area contributed by atoms with Crippen LogP contribution in [0.5, 0.6) is 0 Å². The van der Waals surface area contributed by atoms with E-state index in [9.17, 15) is 14.4 Å². The van der Waals surface area contributed by atoms with Gasteiger partial charge in [-0.15, -0.1) is 0 Å². The number of primary amides is 1. The summed E-state index contributed by atoms with van der Waals surface area (Å²) in [5.74, 6) is -0.0103. The molecule has 2 aromatic rings. The van der Waals surface area contributed by atoms with Crippen molar-refractivity contribution in [2.24, 2.45) is 5.73 Å². The number of H-pyrrole nitrogens is 1. The molecule has 0 bridgehead atoms. The van der Waals surface area contributed by atoms with Crippen LogP contribution in [0.3, 0.4) is 0 Å². The standard InChI is InChI=1S/C20H23N5O3/c21-17(26)13-10-12-14(24-19(13)27)6-3-7-15(12)25-20(28)16-8-9-22-18(23-16)11-4-1-2-5-11/h8-11,15H,1-7H2,(H2,21,26)(H,24,27)(H,25,28)/t15-/m0/s1. The second-order valence-electron chi connectivity index (χ2n) is 7.51. The van der Waals surface area contributed by atoms with Crippen LogP contribution in [0.2, 0.25) is 0 Å². The lowest BCUT2D eigenvalue weighted by molar-refractivity contribution is 0.0926. The molecule has 2 amide bonds. The number of nitrogens with two attached hydrogens (primary N) is 1. The van der Waals surface area contributed by atoms with E-state index in [2.05, 4.69) is 20.3 Å². The first-order valence-electron chi connectivity index (χ1n) is 9.72. The maximum Gasteiger partial charge on any atom is 0.270 e. The van der Waals surface area contributed by atoms with Crippen LogP contribution >= 0.6 is 0 Å². The number of hydrogen-bond acceptors (Lipinski definition) is 5. The van der Waals surface area contributed by atoms with Crippen LogP contribution in [0, 0.1) is 0 Å². The zero-order valence-electron chi connectivity index (χ0n) is 15.5. The Morgan fingerprint density at radius 3 is 2.71 bits per heavy atom. The number of pyridine rings is 1. The van der Waals surface area contributed by atoms with E-state index in [1.807, 2.05) is 0 Å². The molecule has 1 atom stereocenters. The Morgan fingerprint density at radius 2 is 1.96 bits per heavy atom. The second kappa shape index (κ2) is 7.53. The van der Waals surface area contributed by atoms with E-state index in [1.54, 1.807) is 12.3 Å². The van der Waals surface area contributed by atoms with Crippen molar-refractivity contribution in [2.45, 2.75) is 56.9 Å². The molecule has 0 unspecified atom stereocenters. The van der Waals surface area contributed by atoms with E-state index in [0.29, 0.717) is 24.5 Å². The maximum absolute atomic E-state index is 12.8. The molecule has 8 nitrogen and oxygen atoms in total. The van der Waals surface area contributed by atoms with Crippen molar-refractivity contribution in [1.29, 1.82) is 0 Å². The van der Waals surface area contributed by atoms with Gasteiger partial charge in [0.15, 0.2) is 0 Å². The van der Waals surface area contributed by atoms with Gasteiger partial charge in [0.05, 0.1) is 6.04 Å². The van der Waals surface area contributed by atoms with Gasteiger partial charge in [-0.3, -0.25) is 14.4 Å². The molecule has 2 aliphatic rings. The van der Waals surface area contributed by atoms with Crippen LogP contribution in [-0.2, 0) is 6.42 Å². The summed E-state index contributed by atoms with van der Waals surface area (Å²) in [5.41, 5.74) is 6.52. The zero-order chi connectivity index (χ0) is 19.7. The van der Waals surface area contributed by atoms with Gasteiger partial charge in [0.25, 0.3) is 17.4 Å². The Hall–Kier alpha value is -3.03. The monoisotopic (exact) mass is 381 g/mol. The molecule has 1 saturated carbocycles. The fourth-order valence-corrected chi connectivity index (χ4v) is 4.19. The number of rotatable bonds is 4. The van der Waals surface area contributed by atoms with E-state index >= 15 is 0 Å². The third-order valence-electron chi connectivity index (χ3n) is 5.65. The molecular formula is C20H23N5O3. The molecule has 0 aromatic carbocycles. The number of carbonyl (C=O) groups excluding carboxylic acids is 2. The topological polar surface area (TPSA) is 131 Å². The highest BCUT2D eigenvalue weighted by Gasteiger charge is 2.26. The third kappa shape index (κ3) is 3.54. The smallest absolute Gasteiger partial charge is 0.270 e. The molecule has 1 fully saturated rings. The molecule has 2 aromatic heterocycles. The van der Waals surface area contributed by atoms with Crippen molar-refractivity contribution in [3.05, 3.63) is 57.0 Å². The highest BCUT2D eigenvalue weighted by atomic mass is 16.2. The molecule has 4 N–H and O–H groups in total. The molecule has 0 radical (unpaired) electrons. The number of fused-ring (bicyclic) bond motifs is 1. The largest absolute Gasteiger partial charge is 0.365 e. The van der Waals surface area contributed by atoms with Crippen LogP contribution < -0.4 is 16.6 Å². The van der Waals surface area contributed by atoms with Gasteiger partial charge in [-0.05, 0) is 49.8 Å². The van der Waals surface area contributed by atoms with Crippen LogP contribution in [-0.4, -0.2) is 26.8 Å². The van der Waals surface area contributed by atoms with E-state index in [0.717, 1.165) is 36.3 Å². The lowest BCUT2D eigenvalue weighted by Crippen LogP contribution is -2.34. The first-order chi connectivity index (χ1) is 13.5. The van der Waals surface area contributed by atoms with Gasteiger partial charge in [0.1, 0.15) is 17.1 Å². The number of aromatic amines is 1. The lowest BCUT2D eigenvalue weighted by atomic mass is 9.90. The Labute approximate surface area is 162 Å². The molecule has 0 aliphatic heterocycles. The number of nitrogens with zero attached hydrogens (tertiary/aromatic N) is 2. The van der Waals surface area contributed by atoms with E-state index < -0.39 is 11.5 Å². The molecule has 146 valence electrons. The molecule has 4 rings (SSSR count). The quantitative estimate of drug-likeness (QED) is 0.742. The number of nitrogens with one attached hydrogen (secondary N) is 2. The number of carbonyl (C=O) groups is 2. The summed E-state index contributed by atoms with van der Waals surface area (Å²) in [6.45, 7) is 0. The molecular weight excluding hydrogens is 358 g/mol. The van der Waals surface area contributed by atoms with Crippen molar-refractivity contribution in [3.8, 4) is 0 Å². The number of aromatic nitrogens is 3. The summed E-state index contributed by atoms with van der Waals surface area (Å²) in [4.78, 5) is 47.9. The fourth-order valence-electron chi connectivity index (χ4n) is 4.19. The molecule has 2 heterocycles. The molecule has 0 saturated heterocycles. The minimum absolute atomic E-state index is 0.0922. The SMILES string of the molecule is NC(=O)c1cc2c([nH]c1=O)CCC[C@@H]2NC(=O)c1ccnc(C2CCCC2)n1. The fraction of sp³-hybridized carbons (Fsp3) is 0.450. The predicted octanol–water partition coefficient (Wildman–Crippen LogP) is 1.73. The summed E-state index contributed by atoms with van der Waals surface area (Å²) in [5, 5.41) is 2.99. The first-order valence-corrected chi connectivity index (χ1v) is 9.72. The van der Waals surface area contributed by atoms with Crippen molar-refractivity contribution >= 4 is 11.8 Å². The Balaban J connectivity index is 1.58. The number of aryl methyl sites for hydroxylation is 1. The van der Waals surface area contributed by atoms with Crippen LogP contribution in [0.4, 0.5) is 0 Å². The van der Waals surface area contributed by atoms with Gasteiger partial charge >= 0.3 is 0 Å². The molecule has 2 aliphatic carbocycles. The highest BCUT2D eigenvalue weighted by molar-refractivity contribution is 5.93. The number of amides is 2. The predicted molar refractivity (Wildman–Crippen MR) is 102 cm³/mol. The Kier molecular flexibility index (Phi) is 4.93. The van der Waals surface area contributed by atoms with E-state index in [4.69, 9.17) is 5.73 Å². The summed E-state index contributed by atoms with van der Waals surface area (Å²) < 4.78 is 0. The zero-order valence-corrected chi connectivity index (χ0v) is 15.5. The summed E-state index contributed by atoms with van der Waals surface area (Å²) in [6.07, 6.45) is 8.31. The van der Waals surface area contributed by atoms with Gasteiger partial charge in [0, 0.05) is 17.8 Å². The minimum Gasteiger partial charge on any atom is -0.365 e. The molecule has 0 spiro atoms. The van der Waals surface area contributed by atoms with Gasteiger partial charge in [-0.2, -0.15) is 0 Å². The van der Waals surface area contributed by atoms with Crippen molar-refractivity contribution in [2.75, 3.05) is 0 Å². The highest BCUT2D eigenvalue weighted by Crippen LogP contribution is 2.32. The van der Waals surface area contributed by atoms with Crippen molar-refractivity contribution < 1.29 is 9.59 Å². The third-order valence-corrected chi connectivity index (χ3v) is 5.65. The van der Waals surface area contributed by atoms with Gasteiger partial charge in [-0.1, -0.05) is 12.8 Å². The average Bonchev–Trinajstić information content (AvgIpc) is 3.22. The normalized spacial score (nSPS) is 19.2. The minimum atomic E-state index is -0.781. The van der Waals surface area contributed by atoms with Crippen molar-refractivity contribution in [3.63, 3.8) is 0 Å².